The highest BCUT2D eigenvalue weighted by atomic mass is 35.5. The lowest BCUT2D eigenvalue weighted by atomic mass is 9.98. The number of methoxy groups -OCH3 is 2. The number of hydrogen-bond acceptors (Lipinski definition) is 4. The minimum absolute atomic E-state index is 0. The van der Waals surface area contributed by atoms with Crippen molar-refractivity contribution >= 4 is 35.4 Å². The predicted molar refractivity (Wildman–Crippen MR) is 146 cm³/mol. The molecule has 0 bridgehead atoms. The van der Waals surface area contributed by atoms with Gasteiger partial charge in [-0.3, -0.25) is 4.79 Å². The van der Waals surface area contributed by atoms with Gasteiger partial charge in [0.2, 0.25) is 5.91 Å². The van der Waals surface area contributed by atoms with Crippen molar-refractivity contribution in [2.45, 2.75) is 19.9 Å². The van der Waals surface area contributed by atoms with Crippen LogP contribution in [0.15, 0.2) is 60.8 Å². The Balaban J connectivity index is 0.00000304. The molecule has 186 valence electrons. The van der Waals surface area contributed by atoms with E-state index in [4.69, 9.17) is 9.47 Å². The number of benzene rings is 2. The summed E-state index contributed by atoms with van der Waals surface area (Å²) < 4.78 is 13.0. The molecule has 0 fully saturated rings. The first-order valence-corrected chi connectivity index (χ1v) is 11.7. The maximum absolute atomic E-state index is 13.3. The highest BCUT2D eigenvalue weighted by molar-refractivity contribution is 6.00. The Morgan fingerprint density at radius 3 is 2.42 bits per heavy atom. The van der Waals surface area contributed by atoms with Crippen LogP contribution in [0.1, 0.15) is 22.3 Å². The largest absolute Gasteiger partial charge is 0.493 e. The van der Waals surface area contributed by atoms with Crippen molar-refractivity contribution in [3.8, 4) is 22.8 Å². The van der Waals surface area contributed by atoms with Gasteiger partial charge in [0, 0.05) is 43.4 Å². The van der Waals surface area contributed by atoms with Gasteiger partial charge in [-0.1, -0.05) is 30.3 Å². The van der Waals surface area contributed by atoms with Crippen molar-refractivity contribution in [3.05, 3.63) is 83.1 Å². The van der Waals surface area contributed by atoms with Crippen LogP contribution in [0.25, 0.3) is 28.4 Å². The van der Waals surface area contributed by atoms with Gasteiger partial charge in [0.05, 0.1) is 19.9 Å². The monoisotopic (exact) mass is 503 g/mol. The molecule has 2 aromatic carbocycles. The number of aryl methyl sites for hydroxylation is 2. The fourth-order valence-electron chi connectivity index (χ4n) is 4.89. The molecule has 3 heterocycles. The van der Waals surface area contributed by atoms with Gasteiger partial charge in [-0.25, -0.2) is 4.98 Å². The number of halogens is 1. The molecule has 4 aromatic rings. The van der Waals surface area contributed by atoms with Gasteiger partial charge >= 0.3 is 0 Å². The lowest BCUT2D eigenvalue weighted by Crippen LogP contribution is -2.34. The van der Waals surface area contributed by atoms with Gasteiger partial charge < -0.3 is 18.9 Å². The Morgan fingerprint density at radius 1 is 1.03 bits per heavy atom. The molecule has 36 heavy (non-hydrogen) atoms. The van der Waals surface area contributed by atoms with Crippen LogP contribution in [0.4, 0.5) is 0 Å². The Bertz CT molecular complexity index is 1440. The van der Waals surface area contributed by atoms with Crippen molar-refractivity contribution in [1.82, 2.24) is 14.5 Å². The molecule has 0 radical (unpaired) electrons. The van der Waals surface area contributed by atoms with Crippen LogP contribution in [-0.4, -0.2) is 41.1 Å². The Morgan fingerprint density at radius 2 is 1.72 bits per heavy atom. The molecule has 0 saturated heterocycles. The van der Waals surface area contributed by atoms with Crippen molar-refractivity contribution in [2.24, 2.45) is 7.05 Å². The second-order valence-electron chi connectivity index (χ2n) is 8.89. The summed E-state index contributed by atoms with van der Waals surface area (Å²) in [5.41, 5.74) is 7.40. The van der Waals surface area contributed by atoms with Gasteiger partial charge in [0.15, 0.2) is 11.5 Å². The molecule has 7 heteroatoms. The highest BCUT2D eigenvalue weighted by Gasteiger charge is 2.22. The number of fused-ring (bicyclic) bond motifs is 2. The van der Waals surface area contributed by atoms with E-state index in [-0.39, 0.29) is 18.3 Å². The van der Waals surface area contributed by atoms with Crippen LogP contribution in [0.5, 0.6) is 11.5 Å². The zero-order valence-electron chi connectivity index (χ0n) is 20.9. The van der Waals surface area contributed by atoms with Crippen molar-refractivity contribution < 1.29 is 14.3 Å². The lowest BCUT2D eigenvalue weighted by Gasteiger charge is -2.28. The van der Waals surface area contributed by atoms with Gasteiger partial charge in [-0.05, 0) is 59.9 Å². The molecule has 1 aliphatic rings. The Hall–Kier alpha value is -3.77. The fraction of sp³-hybridized carbons (Fsp3) is 0.241. The van der Waals surface area contributed by atoms with E-state index < -0.39 is 0 Å². The smallest absolute Gasteiger partial charge is 0.246 e. The summed E-state index contributed by atoms with van der Waals surface area (Å²) >= 11 is 0. The summed E-state index contributed by atoms with van der Waals surface area (Å²) in [6, 6.07) is 16.4. The van der Waals surface area contributed by atoms with E-state index in [1.165, 1.54) is 5.56 Å². The normalized spacial score (nSPS) is 12.9. The van der Waals surface area contributed by atoms with Crippen molar-refractivity contribution in [1.29, 1.82) is 0 Å². The number of carbonyl (C=O) groups excluding carboxylic acids is 1. The Labute approximate surface area is 217 Å². The molecule has 0 spiro atoms. The standard InChI is InChI=1S/C29H29N3O3.ClH/c1-19-14-24-23(28(20-8-6-5-7-9-20)31(2)29(24)30-17-19)10-11-27(33)32-13-12-21-15-25(34-3)26(35-4)16-22(21)18-32;/h5-11,14-17H,12-13,18H2,1-4H3;1H/b11-10+;. The molecule has 0 N–H and O–H groups in total. The summed E-state index contributed by atoms with van der Waals surface area (Å²) in [6.45, 7) is 3.24. The molecule has 5 rings (SSSR count). The summed E-state index contributed by atoms with van der Waals surface area (Å²) in [4.78, 5) is 19.8. The second-order valence-corrected chi connectivity index (χ2v) is 8.89. The van der Waals surface area contributed by atoms with Crippen molar-refractivity contribution in [2.75, 3.05) is 20.8 Å². The maximum Gasteiger partial charge on any atom is 0.246 e. The number of ether oxygens (including phenoxy) is 2. The third-order valence-corrected chi connectivity index (χ3v) is 6.67. The van der Waals surface area contributed by atoms with Gasteiger partial charge in [0.25, 0.3) is 0 Å². The predicted octanol–water partition coefficient (Wildman–Crippen LogP) is 5.59. The SMILES string of the molecule is COc1cc2c(cc1OC)CN(C(=O)/C=C/c1c(-c3ccccc3)n(C)c3ncc(C)cc13)CC2.Cl. The number of amides is 1. The summed E-state index contributed by atoms with van der Waals surface area (Å²) in [5, 5.41) is 1.04. The van der Waals surface area contributed by atoms with E-state index in [0.29, 0.717) is 18.8 Å². The summed E-state index contributed by atoms with van der Waals surface area (Å²) in [7, 11) is 5.29. The van der Waals surface area contributed by atoms with Crippen LogP contribution in [-0.2, 0) is 24.8 Å². The minimum Gasteiger partial charge on any atom is -0.493 e. The third-order valence-electron chi connectivity index (χ3n) is 6.67. The molecule has 0 unspecified atom stereocenters. The minimum atomic E-state index is -0.0120. The van der Waals surface area contributed by atoms with E-state index in [2.05, 4.69) is 27.8 Å². The van der Waals surface area contributed by atoms with Crippen LogP contribution >= 0.6 is 12.4 Å². The number of nitrogens with zero attached hydrogens (tertiary/aromatic N) is 3. The molecule has 1 aliphatic heterocycles. The number of pyridine rings is 1. The molecule has 0 saturated carbocycles. The van der Waals surface area contributed by atoms with E-state index in [9.17, 15) is 4.79 Å². The van der Waals surface area contributed by atoms with Crippen LogP contribution in [0.3, 0.4) is 0 Å². The maximum atomic E-state index is 13.3. The molecule has 6 nitrogen and oxygen atoms in total. The van der Waals surface area contributed by atoms with Crippen LogP contribution < -0.4 is 9.47 Å². The first-order valence-electron chi connectivity index (χ1n) is 11.7. The number of rotatable bonds is 5. The zero-order chi connectivity index (χ0) is 24.5. The highest BCUT2D eigenvalue weighted by Crippen LogP contribution is 2.35. The van der Waals surface area contributed by atoms with E-state index in [1.807, 2.05) is 61.5 Å². The molecule has 2 aromatic heterocycles. The van der Waals surface area contributed by atoms with Crippen LogP contribution in [0.2, 0.25) is 0 Å². The number of aromatic nitrogens is 2. The molecular formula is C29H30ClN3O3. The molecule has 1 amide bonds. The number of carbonyl (C=O) groups is 1. The van der Waals surface area contributed by atoms with Crippen LogP contribution in [0, 0.1) is 6.92 Å². The van der Waals surface area contributed by atoms with Gasteiger partial charge in [-0.2, -0.15) is 0 Å². The van der Waals surface area contributed by atoms with E-state index >= 15 is 0 Å². The second kappa shape index (κ2) is 10.5. The quantitative estimate of drug-likeness (QED) is 0.333. The van der Waals surface area contributed by atoms with Gasteiger partial charge in [-0.15, -0.1) is 12.4 Å². The summed E-state index contributed by atoms with van der Waals surface area (Å²) in [6.07, 6.45) is 6.29. The average Bonchev–Trinajstić information content (AvgIpc) is 3.16. The Kier molecular flexibility index (Phi) is 7.36. The zero-order valence-corrected chi connectivity index (χ0v) is 21.8. The topological polar surface area (TPSA) is 56.6 Å². The van der Waals surface area contributed by atoms with Gasteiger partial charge in [0.1, 0.15) is 5.65 Å². The average molecular weight is 504 g/mol. The first kappa shape index (κ1) is 25.3. The third kappa shape index (κ3) is 4.56. The number of hydrogen-bond donors (Lipinski definition) is 0. The van der Waals surface area contributed by atoms with Crippen molar-refractivity contribution in [3.63, 3.8) is 0 Å². The lowest BCUT2D eigenvalue weighted by molar-refractivity contribution is -0.126. The molecular weight excluding hydrogens is 474 g/mol. The fourth-order valence-corrected chi connectivity index (χ4v) is 4.89. The molecule has 0 aliphatic carbocycles. The van der Waals surface area contributed by atoms with E-state index in [1.54, 1.807) is 20.3 Å². The summed E-state index contributed by atoms with van der Waals surface area (Å²) in [5.74, 6) is 1.39. The molecule has 0 atom stereocenters. The van der Waals surface area contributed by atoms with E-state index in [0.717, 1.165) is 51.2 Å². The first-order chi connectivity index (χ1) is 17.0.